The van der Waals surface area contributed by atoms with Gasteiger partial charge in [-0.1, -0.05) is 24.3 Å². The molecule has 3 heterocycles. The highest BCUT2D eigenvalue weighted by Gasteiger charge is 2.46. The molecule has 0 spiro atoms. The normalized spacial score (nSPS) is 17.7. The number of amides is 1. The van der Waals surface area contributed by atoms with Crippen molar-refractivity contribution in [2.24, 2.45) is 0 Å². The van der Waals surface area contributed by atoms with E-state index in [-0.39, 0.29) is 11.3 Å². The standard InChI is InChI=1S/C26H22N2O4S/c1-32-18-10-8-16(9-11-18)24(29)22-23(21-7-4-14-33-21)28(26(31)25(22)30)13-12-17-15-27-20-6-3-2-5-19(17)20/h2-11,14-15,23,27,29H,12-13H2,1H3/b24-22+. The van der Waals surface area contributed by atoms with Crippen LogP contribution in [0.4, 0.5) is 0 Å². The SMILES string of the molecule is COc1ccc(/C(O)=C2\C(=O)C(=O)N(CCc3c[nH]c4ccccc34)C2c2cccs2)cc1. The van der Waals surface area contributed by atoms with Gasteiger partial charge in [-0.25, -0.2) is 0 Å². The fraction of sp³-hybridized carbons (Fsp3) is 0.154. The molecule has 33 heavy (non-hydrogen) atoms. The molecule has 2 aromatic heterocycles. The molecule has 0 bridgehead atoms. The summed E-state index contributed by atoms with van der Waals surface area (Å²) in [6.07, 6.45) is 2.53. The van der Waals surface area contributed by atoms with Crippen LogP contribution in [0.1, 0.15) is 22.0 Å². The van der Waals surface area contributed by atoms with Crippen molar-refractivity contribution in [3.8, 4) is 5.75 Å². The number of aliphatic hydroxyl groups is 1. The first-order valence-electron chi connectivity index (χ1n) is 10.6. The number of ketones is 1. The second kappa shape index (κ2) is 8.60. The van der Waals surface area contributed by atoms with E-state index in [1.165, 1.54) is 11.3 Å². The summed E-state index contributed by atoms with van der Waals surface area (Å²) in [5.74, 6) is -0.798. The number of thiophene rings is 1. The molecule has 2 N–H and O–H groups in total. The number of likely N-dealkylation sites (tertiary alicyclic amines) is 1. The summed E-state index contributed by atoms with van der Waals surface area (Å²) in [5, 5.41) is 14.1. The average Bonchev–Trinajstić information content (AvgIpc) is 3.57. The Balaban J connectivity index is 1.52. The van der Waals surface area contributed by atoms with Crippen molar-refractivity contribution in [3.05, 3.63) is 93.8 Å². The molecule has 0 saturated carbocycles. The number of aromatic nitrogens is 1. The summed E-state index contributed by atoms with van der Waals surface area (Å²) in [6, 6.07) is 17.9. The van der Waals surface area contributed by atoms with E-state index in [1.54, 1.807) is 36.3 Å². The molecule has 7 heteroatoms. The number of hydrogen-bond acceptors (Lipinski definition) is 5. The molecule has 1 aliphatic rings. The number of hydrogen-bond donors (Lipinski definition) is 2. The summed E-state index contributed by atoms with van der Waals surface area (Å²) in [5.41, 5.74) is 2.69. The van der Waals surface area contributed by atoms with E-state index in [2.05, 4.69) is 4.98 Å². The van der Waals surface area contributed by atoms with Gasteiger partial charge < -0.3 is 19.7 Å². The summed E-state index contributed by atoms with van der Waals surface area (Å²) < 4.78 is 5.18. The molecule has 0 radical (unpaired) electrons. The van der Waals surface area contributed by atoms with Gasteiger partial charge in [0.25, 0.3) is 11.7 Å². The summed E-state index contributed by atoms with van der Waals surface area (Å²) in [4.78, 5) is 31.8. The number of aromatic amines is 1. The summed E-state index contributed by atoms with van der Waals surface area (Å²) >= 11 is 1.46. The maximum Gasteiger partial charge on any atom is 0.295 e. The predicted octanol–water partition coefficient (Wildman–Crippen LogP) is 4.90. The highest BCUT2D eigenvalue weighted by Crippen LogP contribution is 2.41. The molecule has 1 amide bonds. The molecule has 4 aromatic rings. The number of ether oxygens (including phenoxy) is 1. The fourth-order valence-corrected chi connectivity index (χ4v) is 5.18. The third-order valence-corrected chi connectivity index (χ3v) is 6.94. The predicted molar refractivity (Wildman–Crippen MR) is 128 cm³/mol. The average molecular weight is 459 g/mol. The third-order valence-electron chi connectivity index (χ3n) is 6.01. The van der Waals surface area contributed by atoms with Gasteiger partial charge in [0.2, 0.25) is 0 Å². The first kappa shape index (κ1) is 21.0. The van der Waals surface area contributed by atoms with Crippen LogP contribution < -0.4 is 4.74 Å². The maximum absolute atomic E-state index is 13.1. The molecule has 5 rings (SSSR count). The van der Waals surface area contributed by atoms with Crippen LogP contribution in [-0.4, -0.2) is 40.3 Å². The van der Waals surface area contributed by atoms with Crippen molar-refractivity contribution in [2.75, 3.05) is 13.7 Å². The Kier molecular flexibility index (Phi) is 5.48. The van der Waals surface area contributed by atoms with E-state index in [4.69, 9.17) is 4.74 Å². The zero-order valence-corrected chi connectivity index (χ0v) is 18.8. The van der Waals surface area contributed by atoms with Crippen molar-refractivity contribution in [3.63, 3.8) is 0 Å². The highest BCUT2D eigenvalue weighted by molar-refractivity contribution is 7.10. The summed E-state index contributed by atoms with van der Waals surface area (Å²) in [7, 11) is 1.56. The zero-order valence-electron chi connectivity index (χ0n) is 17.9. The van der Waals surface area contributed by atoms with Crippen molar-refractivity contribution >= 4 is 39.7 Å². The Bertz CT molecular complexity index is 1350. The molecule has 1 unspecified atom stereocenters. The van der Waals surface area contributed by atoms with Crippen molar-refractivity contribution in [1.29, 1.82) is 0 Å². The lowest BCUT2D eigenvalue weighted by Crippen LogP contribution is -2.31. The molecule has 6 nitrogen and oxygen atoms in total. The molecule has 1 saturated heterocycles. The van der Waals surface area contributed by atoms with Crippen LogP contribution in [0, 0.1) is 0 Å². The fourth-order valence-electron chi connectivity index (χ4n) is 4.34. The lowest BCUT2D eigenvalue weighted by Gasteiger charge is -2.24. The Labute approximate surface area is 194 Å². The van der Waals surface area contributed by atoms with E-state index in [0.717, 1.165) is 21.3 Å². The molecule has 1 fully saturated rings. The van der Waals surface area contributed by atoms with Crippen LogP contribution in [0.15, 0.2) is 77.8 Å². The maximum atomic E-state index is 13.1. The van der Waals surface area contributed by atoms with Gasteiger partial charge in [0.1, 0.15) is 11.5 Å². The number of para-hydroxylation sites is 1. The molecular formula is C26H22N2O4S. The Hall–Kier alpha value is -3.84. The van der Waals surface area contributed by atoms with Crippen LogP contribution in [0.5, 0.6) is 5.75 Å². The number of Topliss-reactive ketones (excluding diaryl/α,β-unsaturated/α-hetero) is 1. The number of methoxy groups -OCH3 is 1. The van der Waals surface area contributed by atoms with Crippen LogP contribution in [0.2, 0.25) is 0 Å². The first-order chi connectivity index (χ1) is 16.1. The topological polar surface area (TPSA) is 82.6 Å². The molecule has 0 aliphatic carbocycles. The van der Waals surface area contributed by atoms with Gasteiger partial charge in [-0.3, -0.25) is 9.59 Å². The molecular weight excluding hydrogens is 436 g/mol. The second-order valence-corrected chi connectivity index (χ2v) is 8.83. The van der Waals surface area contributed by atoms with Gasteiger partial charge in [-0.15, -0.1) is 11.3 Å². The van der Waals surface area contributed by atoms with Crippen molar-refractivity contribution in [2.45, 2.75) is 12.5 Å². The smallest absolute Gasteiger partial charge is 0.295 e. The van der Waals surface area contributed by atoms with Gasteiger partial charge in [0, 0.05) is 34.1 Å². The third kappa shape index (κ3) is 3.70. The van der Waals surface area contributed by atoms with E-state index >= 15 is 0 Å². The van der Waals surface area contributed by atoms with Gasteiger partial charge >= 0.3 is 0 Å². The molecule has 1 aliphatic heterocycles. The van der Waals surface area contributed by atoms with E-state index in [1.807, 2.05) is 48.0 Å². The number of rotatable bonds is 6. The summed E-state index contributed by atoms with van der Waals surface area (Å²) in [6.45, 7) is 0.356. The zero-order chi connectivity index (χ0) is 22.9. The second-order valence-electron chi connectivity index (χ2n) is 7.85. The number of H-pyrrole nitrogens is 1. The number of aliphatic hydroxyl groups excluding tert-OH is 1. The Morgan fingerprint density at radius 2 is 1.88 bits per heavy atom. The van der Waals surface area contributed by atoms with Crippen LogP contribution in [0.25, 0.3) is 16.7 Å². The number of fused-ring (bicyclic) bond motifs is 1. The van der Waals surface area contributed by atoms with Gasteiger partial charge in [0.05, 0.1) is 18.7 Å². The number of nitrogens with zero attached hydrogens (tertiary/aromatic N) is 1. The number of carbonyl (C=O) groups is 2. The van der Waals surface area contributed by atoms with Crippen LogP contribution >= 0.6 is 11.3 Å². The van der Waals surface area contributed by atoms with E-state index in [9.17, 15) is 14.7 Å². The lowest BCUT2D eigenvalue weighted by atomic mass is 9.99. The highest BCUT2D eigenvalue weighted by atomic mass is 32.1. The lowest BCUT2D eigenvalue weighted by molar-refractivity contribution is -0.139. The van der Waals surface area contributed by atoms with Gasteiger partial charge in [-0.2, -0.15) is 0 Å². The first-order valence-corrected chi connectivity index (χ1v) is 11.5. The quantitative estimate of drug-likeness (QED) is 0.245. The number of carbonyl (C=O) groups excluding carboxylic acids is 2. The van der Waals surface area contributed by atoms with Crippen LogP contribution in [-0.2, 0) is 16.0 Å². The largest absolute Gasteiger partial charge is 0.507 e. The Morgan fingerprint density at radius 1 is 1.09 bits per heavy atom. The molecule has 2 aromatic carbocycles. The van der Waals surface area contributed by atoms with E-state index < -0.39 is 17.7 Å². The minimum absolute atomic E-state index is 0.117. The molecule has 166 valence electrons. The van der Waals surface area contributed by atoms with Crippen molar-refractivity contribution < 1.29 is 19.4 Å². The monoisotopic (exact) mass is 458 g/mol. The number of benzene rings is 2. The Morgan fingerprint density at radius 3 is 2.61 bits per heavy atom. The van der Waals surface area contributed by atoms with Gasteiger partial charge in [0.15, 0.2) is 0 Å². The molecule has 1 atom stereocenters. The van der Waals surface area contributed by atoms with Gasteiger partial charge in [-0.05, 0) is 53.8 Å². The van der Waals surface area contributed by atoms with Crippen molar-refractivity contribution in [1.82, 2.24) is 9.88 Å². The van der Waals surface area contributed by atoms with E-state index in [0.29, 0.717) is 24.3 Å². The number of nitrogens with one attached hydrogen (secondary N) is 1. The minimum atomic E-state index is -0.666. The van der Waals surface area contributed by atoms with Crippen LogP contribution in [0.3, 0.4) is 0 Å². The minimum Gasteiger partial charge on any atom is -0.507 e.